The maximum absolute atomic E-state index is 13.1. The van der Waals surface area contributed by atoms with Gasteiger partial charge in [0.15, 0.2) is 6.61 Å². The average Bonchev–Trinajstić information content (AvgIpc) is 2.89. The van der Waals surface area contributed by atoms with Gasteiger partial charge in [0.05, 0.1) is 4.92 Å². The van der Waals surface area contributed by atoms with Crippen LogP contribution in [-0.2, 0) is 25.7 Å². The van der Waals surface area contributed by atoms with Crippen LogP contribution in [0.4, 0.5) is 5.69 Å². The van der Waals surface area contributed by atoms with Crippen LogP contribution in [0.1, 0.15) is 19.4 Å². The van der Waals surface area contributed by atoms with E-state index in [1.165, 1.54) is 40.9 Å². The number of β-lactam (4-membered cyclic amide) rings is 1. The van der Waals surface area contributed by atoms with Crippen LogP contribution in [0.25, 0.3) is 0 Å². The number of nitro benzene ring substituents is 1. The Morgan fingerprint density at radius 3 is 2.46 bits per heavy atom. The molecular weight excluding hydrogens is 566 g/mol. The molecule has 0 saturated carbocycles. The summed E-state index contributed by atoms with van der Waals surface area (Å²) in [5.74, 6) is -1.07. The number of nitrogens with one attached hydrogen (secondary N) is 1. The first-order valence-electron chi connectivity index (χ1n) is 11.1. The summed E-state index contributed by atoms with van der Waals surface area (Å²) in [5, 5.41) is 13.0. The molecule has 1 unspecified atom stereocenters. The Kier molecular flexibility index (Phi) is 7.98. The molecule has 2 aliphatic rings. The smallest absolute Gasteiger partial charge is 0.355 e. The van der Waals surface area contributed by atoms with Gasteiger partial charge in [0, 0.05) is 21.5 Å². The summed E-state index contributed by atoms with van der Waals surface area (Å²) in [6.07, 6.45) is 0. The molecule has 1 N–H and O–H groups in total. The third-order valence-electron chi connectivity index (χ3n) is 5.67. The number of thioether (sulfide) groups is 1. The topological polar surface area (TPSA) is 128 Å². The molecule has 2 aliphatic heterocycles. The lowest BCUT2D eigenvalue weighted by molar-refractivity contribution is -0.384. The molecule has 2 amide bonds. The minimum absolute atomic E-state index is 0.0724. The van der Waals surface area contributed by atoms with E-state index in [4.69, 9.17) is 9.47 Å². The van der Waals surface area contributed by atoms with Gasteiger partial charge in [0.2, 0.25) is 0 Å². The van der Waals surface area contributed by atoms with Crippen LogP contribution >= 0.6 is 27.7 Å². The Hall–Kier alpha value is -3.64. The number of nitro groups is 1. The normalized spacial score (nSPS) is 20.0. The number of fused-ring (bicyclic) bond motifs is 1. The molecule has 192 valence electrons. The Balaban J connectivity index is 1.45. The minimum atomic E-state index is -0.843. The maximum atomic E-state index is 13.1. The van der Waals surface area contributed by atoms with Gasteiger partial charge in [0.1, 0.15) is 29.5 Å². The number of para-hydroxylation sites is 1. The summed E-state index contributed by atoms with van der Waals surface area (Å²) < 4.78 is 11.7. The van der Waals surface area contributed by atoms with Crippen molar-refractivity contribution in [1.82, 2.24) is 10.2 Å². The van der Waals surface area contributed by atoms with Gasteiger partial charge in [-0.2, -0.15) is 0 Å². The molecule has 12 heteroatoms. The zero-order valence-electron chi connectivity index (χ0n) is 19.8. The highest BCUT2D eigenvalue weighted by Crippen LogP contribution is 2.48. The van der Waals surface area contributed by atoms with Crippen molar-refractivity contribution in [2.75, 3.05) is 6.61 Å². The van der Waals surface area contributed by atoms with Crippen LogP contribution in [-0.4, -0.2) is 45.6 Å². The van der Waals surface area contributed by atoms with Crippen molar-refractivity contribution in [1.29, 1.82) is 0 Å². The van der Waals surface area contributed by atoms with Crippen molar-refractivity contribution >= 4 is 51.2 Å². The van der Waals surface area contributed by atoms with Crippen LogP contribution in [0.3, 0.4) is 0 Å². The monoisotopic (exact) mass is 587 g/mol. The van der Waals surface area contributed by atoms with Crippen LogP contribution in [0.5, 0.6) is 5.75 Å². The molecule has 37 heavy (non-hydrogen) atoms. The van der Waals surface area contributed by atoms with E-state index in [2.05, 4.69) is 21.2 Å². The molecule has 0 bridgehead atoms. The summed E-state index contributed by atoms with van der Waals surface area (Å²) in [6, 6.07) is 13.6. The molecule has 0 aromatic heterocycles. The lowest BCUT2D eigenvalue weighted by Gasteiger charge is -2.50. The first-order chi connectivity index (χ1) is 17.7. The lowest BCUT2D eigenvalue weighted by Crippen LogP contribution is -2.70. The number of carbonyl (C=O) groups is 3. The fourth-order valence-electron chi connectivity index (χ4n) is 3.86. The largest absolute Gasteiger partial charge is 0.484 e. The molecule has 4 rings (SSSR count). The van der Waals surface area contributed by atoms with Crippen molar-refractivity contribution in [3.8, 4) is 5.75 Å². The second-order valence-corrected chi connectivity index (χ2v) is 10.5. The quantitative estimate of drug-likeness (QED) is 0.212. The number of ether oxygens (including phenoxy) is 2. The zero-order valence-corrected chi connectivity index (χ0v) is 22.2. The minimum Gasteiger partial charge on any atom is -0.484 e. The van der Waals surface area contributed by atoms with Crippen molar-refractivity contribution in [3.05, 3.63) is 90.9 Å². The van der Waals surface area contributed by atoms with Crippen molar-refractivity contribution in [2.24, 2.45) is 0 Å². The van der Waals surface area contributed by atoms with E-state index in [1.54, 1.807) is 31.2 Å². The molecule has 2 aromatic carbocycles. The second-order valence-electron chi connectivity index (χ2n) is 8.20. The van der Waals surface area contributed by atoms with Crippen LogP contribution in [0.15, 0.2) is 75.3 Å². The van der Waals surface area contributed by atoms with Crippen LogP contribution in [0.2, 0.25) is 0 Å². The fraction of sp³-hybridized carbons (Fsp3) is 0.240. The summed E-state index contributed by atoms with van der Waals surface area (Å²) in [6.45, 7) is 3.16. The molecule has 0 spiro atoms. The van der Waals surface area contributed by atoms with Crippen molar-refractivity contribution in [2.45, 2.75) is 31.9 Å². The fourth-order valence-corrected chi connectivity index (χ4v) is 5.75. The zero-order chi connectivity index (χ0) is 26.7. The molecular formula is C25H22BrN3O7S. The molecule has 0 aliphatic carbocycles. The number of amides is 2. The average molecular weight is 588 g/mol. The molecule has 2 heterocycles. The molecule has 2 atom stereocenters. The standard InChI is InChI=1S/C25H22BrN3O7S/c1-14-21(25(32)36-12-16-8-10-17(11-9-16)29(33)34)28-23(31)20(24(28)37-22(14)15(2)26)27-19(30)13-35-18-6-4-3-5-7-18/h3-11,20,24H,12-13H2,1-2H3,(H,27,30)/b22-15+/t20?,24-/m1/s1. The van der Waals surface area contributed by atoms with E-state index < -0.39 is 34.1 Å². The Bertz CT molecular complexity index is 1310. The van der Waals surface area contributed by atoms with E-state index in [0.29, 0.717) is 16.9 Å². The number of esters is 1. The lowest BCUT2D eigenvalue weighted by atomic mass is 10.0. The first kappa shape index (κ1) is 26.4. The van der Waals surface area contributed by atoms with Crippen molar-refractivity contribution in [3.63, 3.8) is 0 Å². The predicted octanol–water partition coefficient (Wildman–Crippen LogP) is 4.02. The number of rotatable bonds is 8. The van der Waals surface area contributed by atoms with Gasteiger partial charge < -0.3 is 14.8 Å². The van der Waals surface area contributed by atoms with Gasteiger partial charge in [-0.3, -0.25) is 24.6 Å². The number of hydrogen-bond donors (Lipinski definition) is 1. The van der Waals surface area contributed by atoms with Gasteiger partial charge in [-0.1, -0.05) is 45.9 Å². The third-order valence-corrected chi connectivity index (χ3v) is 7.90. The van der Waals surface area contributed by atoms with Gasteiger partial charge in [-0.15, -0.1) is 0 Å². The van der Waals surface area contributed by atoms with E-state index in [-0.39, 0.29) is 24.6 Å². The van der Waals surface area contributed by atoms with E-state index >= 15 is 0 Å². The number of non-ortho nitro benzene ring substituents is 1. The number of benzene rings is 2. The van der Waals surface area contributed by atoms with Crippen molar-refractivity contribution < 1.29 is 28.8 Å². The molecule has 1 saturated heterocycles. The Morgan fingerprint density at radius 2 is 1.84 bits per heavy atom. The Morgan fingerprint density at radius 1 is 1.16 bits per heavy atom. The number of nitrogens with zero attached hydrogens (tertiary/aromatic N) is 2. The van der Waals surface area contributed by atoms with Gasteiger partial charge in [-0.05, 0) is 49.2 Å². The summed E-state index contributed by atoms with van der Waals surface area (Å²) in [4.78, 5) is 51.0. The summed E-state index contributed by atoms with van der Waals surface area (Å²) in [7, 11) is 0. The molecule has 0 radical (unpaired) electrons. The van der Waals surface area contributed by atoms with E-state index in [0.717, 1.165) is 9.39 Å². The van der Waals surface area contributed by atoms with E-state index in [1.807, 2.05) is 13.0 Å². The number of halogens is 1. The maximum Gasteiger partial charge on any atom is 0.355 e. The first-order valence-corrected chi connectivity index (χ1v) is 12.8. The highest BCUT2D eigenvalue weighted by molar-refractivity contribution is 9.11. The molecule has 1 fully saturated rings. The highest BCUT2D eigenvalue weighted by atomic mass is 79.9. The summed E-state index contributed by atoms with van der Waals surface area (Å²) in [5.41, 5.74) is 1.15. The van der Waals surface area contributed by atoms with Gasteiger partial charge >= 0.3 is 5.97 Å². The van der Waals surface area contributed by atoms with Gasteiger partial charge in [0.25, 0.3) is 17.5 Å². The number of hydrogen-bond acceptors (Lipinski definition) is 8. The number of allylic oxidation sites excluding steroid dienone is 2. The number of carbonyl (C=O) groups excluding carboxylic acids is 3. The third kappa shape index (κ3) is 5.70. The van der Waals surface area contributed by atoms with Gasteiger partial charge in [-0.25, -0.2) is 4.79 Å². The second kappa shape index (κ2) is 11.2. The van der Waals surface area contributed by atoms with Crippen LogP contribution < -0.4 is 10.1 Å². The Labute approximate surface area is 225 Å². The highest BCUT2D eigenvalue weighted by Gasteiger charge is 2.55. The predicted molar refractivity (Wildman–Crippen MR) is 139 cm³/mol. The van der Waals surface area contributed by atoms with E-state index in [9.17, 15) is 24.5 Å². The SMILES string of the molecule is CC1=C(C(=O)OCc2ccc([N+](=O)[O-])cc2)N2C(=O)C(NC(=O)COc3ccccc3)[C@H]2S/C1=C(\C)Br. The molecule has 10 nitrogen and oxygen atoms in total. The van der Waals surface area contributed by atoms with Crippen LogP contribution in [0, 0.1) is 10.1 Å². The summed E-state index contributed by atoms with van der Waals surface area (Å²) >= 11 is 4.82. The molecule has 2 aromatic rings.